The highest BCUT2D eigenvalue weighted by Gasteiger charge is 2.18. The Morgan fingerprint density at radius 3 is 2.00 bits per heavy atom. The summed E-state index contributed by atoms with van der Waals surface area (Å²) in [4.78, 5) is 35.8. The van der Waals surface area contributed by atoms with Crippen LogP contribution in [0.2, 0.25) is 0 Å². The fourth-order valence-corrected chi connectivity index (χ4v) is 2.13. The number of amides is 2. The lowest BCUT2D eigenvalue weighted by molar-refractivity contribution is -0.147. The van der Waals surface area contributed by atoms with Crippen LogP contribution in [0.15, 0.2) is 12.1 Å². The van der Waals surface area contributed by atoms with Crippen molar-refractivity contribution in [1.82, 2.24) is 10.6 Å². The largest absolute Gasteiger partial charge is 0.493 e. The van der Waals surface area contributed by atoms with Gasteiger partial charge in [0.15, 0.2) is 18.1 Å². The SMILES string of the molecule is COc1cc(C(=O)NCC(=O)OCC(=O)N[C@@H](C)C(C)C)cc(OC)c1OC. The lowest BCUT2D eigenvalue weighted by Crippen LogP contribution is -2.39. The van der Waals surface area contributed by atoms with E-state index in [0.29, 0.717) is 17.2 Å². The first-order valence-electron chi connectivity index (χ1n) is 8.76. The Morgan fingerprint density at radius 1 is 0.964 bits per heavy atom. The van der Waals surface area contributed by atoms with Crippen molar-refractivity contribution >= 4 is 17.8 Å². The lowest BCUT2D eigenvalue weighted by Gasteiger charge is -2.17. The van der Waals surface area contributed by atoms with Gasteiger partial charge in [-0.1, -0.05) is 13.8 Å². The van der Waals surface area contributed by atoms with Crippen LogP contribution in [0.5, 0.6) is 17.2 Å². The normalized spacial score (nSPS) is 11.4. The van der Waals surface area contributed by atoms with Crippen LogP contribution >= 0.6 is 0 Å². The molecular weight excluding hydrogens is 368 g/mol. The molecule has 0 fully saturated rings. The number of carbonyl (C=O) groups excluding carboxylic acids is 3. The zero-order valence-electron chi connectivity index (χ0n) is 17.1. The molecule has 0 aliphatic heterocycles. The van der Waals surface area contributed by atoms with Crippen LogP contribution in [0.25, 0.3) is 0 Å². The van der Waals surface area contributed by atoms with Gasteiger partial charge in [0.2, 0.25) is 5.75 Å². The molecule has 2 N–H and O–H groups in total. The average molecular weight is 396 g/mol. The summed E-state index contributed by atoms with van der Waals surface area (Å²) in [5, 5.41) is 5.14. The van der Waals surface area contributed by atoms with Crippen LogP contribution in [0.3, 0.4) is 0 Å². The van der Waals surface area contributed by atoms with Gasteiger partial charge in [-0.15, -0.1) is 0 Å². The number of nitrogens with one attached hydrogen (secondary N) is 2. The standard InChI is InChI=1S/C19H28N2O7/c1-11(2)12(3)21-16(22)10-28-17(23)9-20-19(24)13-7-14(25-4)18(27-6)15(8-13)26-5/h7-8,11-12H,9-10H2,1-6H3,(H,20,24)(H,21,22)/t12-/m0/s1. The van der Waals surface area contributed by atoms with Crippen molar-refractivity contribution in [2.75, 3.05) is 34.5 Å². The Labute approximate surface area is 164 Å². The molecule has 2 amide bonds. The van der Waals surface area contributed by atoms with Crippen molar-refractivity contribution in [3.8, 4) is 17.2 Å². The highest BCUT2D eigenvalue weighted by atomic mass is 16.5. The minimum atomic E-state index is -0.729. The molecule has 0 aliphatic carbocycles. The van der Waals surface area contributed by atoms with E-state index in [1.807, 2.05) is 20.8 Å². The van der Waals surface area contributed by atoms with E-state index in [-0.39, 0.29) is 24.1 Å². The topological polar surface area (TPSA) is 112 Å². The van der Waals surface area contributed by atoms with Crippen LogP contribution < -0.4 is 24.8 Å². The lowest BCUT2D eigenvalue weighted by atomic mass is 10.1. The van der Waals surface area contributed by atoms with Gasteiger partial charge in [0.05, 0.1) is 21.3 Å². The molecule has 9 heteroatoms. The minimum Gasteiger partial charge on any atom is -0.493 e. The summed E-state index contributed by atoms with van der Waals surface area (Å²) in [6, 6.07) is 2.89. The van der Waals surface area contributed by atoms with Gasteiger partial charge in [0.25, 0.3) is 11.8 Å². The number of rotatable bonds is 10. The summed E-state index contributed by atoms with van der Waals surface area (Å²) in [6.45, 7) is 5.01. The monoisotopic (exact) mass is 396 g/mol. The van der Waals surface area contributed by atoms with E-state index in [9.17, 15) is 14.4 Å². The van der Waals surface area contributed by atoms with E-state index < -0.39 is 24.4 Å². The van der Waals surface area contributed by atoms with Crippen molar-refractivity contribution in [2.45, 2.75) is 26.8 Å². The van der Waals surface area contributed by atoms with E-state index in [1.165, 1.54) is 33.5 Å². The fourth-order valence-electron chi connectivity index (χ4n) is 2.13. The third-order valence-electron chi connectivity index (χ3n) is 4.07. The minimum absolute atomic E-state index is 0.0362. The fraction of sp³-hybridized carbons (Fsp3) is 0.526. The molecule has 0 bridgehead atoms. The summed E-state index contributed by atoms with van der Waals surface area (Å²) in [6.07, 6.45) is 0. The highest BCUT2D eigenvalue weighted by molar-refractivity contribution is 5.97. The molecular formula is C19H28N2O7. The van der Waals surface area contributed by atoms with Gasteiger partial charge in [0.1, 0.15) is 6.54 Å². The van der Waals surface area contributed by atoms with Gasteiger partial charge in [-0.05, 0) is 25.0 Å². The summed E-state index contributed by atoms with van der Waals surface area (Å²) in [7, 11) is 4.32. The first-order valence-corrected chi connectivity index (χ1v) is 8.76. The quantitative estimate of drug-likeness (QED) is 0.571. The number of esters is 1. The Morgan fingerprint density at radius 2 is 1.54 bits per heavy atom. The number of benzene rings is 1. The maximum absolute atomic E-state index is 12.3. The van der Waals surface area contributed by atoms with E-state index in [0.717, 1.165) is 0 Å². The van der Waals surface area contributed by atoms with Crippen LogP contribution in [0.4, 0.5) is 0 Å². The van der Waals surface area contributed by atoms with E-state index in [1.54, 1.807) is 0 Å². The molecule has 0 radical (unpaired) electrons. The van der Waals surface area contributed by atoms with E-state index in [4.69, 9.17) is 18.9 Å². The van der Waals surface area contributed by atoms with Crippen LogP contribution in [0, 0.1) is 5.92 Å². The third-order valence-corrected chi connectivity index (χ3v) is 4.07. The molecule has 0 aliphatic rings. The first kappa shape index (κ1) is 23.1. The third kappa shape index (κ3) is 6.64. The number of hydrogen-bond donors (Lipinski definition) is 2. The van der Waals surface area contributed by atoms with Crippen molar-refractivity contribution in [3.63, 3.8) is 0 Å². The van der Waals surface area contributed by atoms with Gasteiger partial charge < -0.3 is 29.6 Å². The van der Waals surface area contributed by atoms with Gasteiger partial charge in [-0.25, -0.2) is 0 Å². The number of carbonyl (C=O) groups is 3. The molecule has 1 atom stereocenters. The molecule has 28 heavy (non-hydrogen) atoms. The maximum atomic E-state index is 12.3. The molecule has 0 saturated heterocycles. The van der Waals surface area contributed by atoms with Crippen molar-refractivity contribution in [3.05, 3.63) is 17.7 Å². The number of methoxy groups -OCH3 is 3. The first-order chi connectivity index (χ1) is 13.2. The smallest absolute Gasteiger partial charge is 0.325 e. The predicted octanol–water partition coefficient (Wildman–Crippen LogP) is 1.15. The Hall–Kier alpha value is -2.97. The molecule has 0 aromatic heterocycles. The van der Waals surface area contributed by atoms with Gasteiger partial charge in [-0.3, -0.25) is 14.4 Å². The zero-order chi connectivity index (χ0) is 21.3. The molecule has 9 nitrogen and oxygen atoms in total. The Kier molecular flexibility index (Phi) is 9.07. The van der Waals surface area contributed by atoms with Crippen molar-refractivity contribution in [2.24, 2.45) is 5.92 Å². The Bertz CT molecular complexity index is 679. The van der Waals surface area contributed by atoms with Crippen LogP contribution in [-0.4, -0.2) is 58.3 Å². The second kappa shape index (κ2) is 11.0. The number of hydrogen-bond acceptors (Lipinski definition) is 7. The molecule has 1 aromatic carbocycles. The average Bonchev–Trinajstić information content (AvgIpc) is 2.68. The molecule has 0 saturated carbocycles. The van der Waals surface area contributed by atoms with Crippen LogP contribution in [-0.2, 0) is 14.3 Å². The summed E-state index contributed by atoms with van der Waals surface area (Å²) in [5.41, 5.74) is 0.214. The van der Waals surface area contributed by atoms with Crippen molar-refractivity contribution in [1.29, 1.82) is 0 Å². The van der Waals surface area contributed by atoms with Crippen molar-refractivity contribution < 1.29 is 33.3 Å². The highest BCUT2D eigenvalue weighted by Crippen LogP contribution is 2.38. The molecule has 1 aromatic rings. The molecule has 0 heterocycles. The number of ether oxygens (including phenoxy) is 4. The summed E-state index contributed by atoms with van der Waals surface area (Å²) >= 11 is 0. The molecule has 156 valence electrons. The van der Waals surface area contributed by atoms with Crippen LogP contribution in [0.1, 0.15) is 31.1 Å². The summed E-state index contributed by atoms with van der Waals surface area (Å²) in [5.74, 6) is -0.427. The van der Waals surface area contributed by atoms with Gasteiger partial charge >= 0.3 is 5.97 Å². The predicted molar refractivity (Wildman–Crippen MR) is 102 cm³/mol. The van der Waals surface area contributed by atoms with Gasteiger partial charge in [0, 0.05) is 11.6 Å². The van der Waals surface area contributed by atoms with E-state index in [2.05, 4.69) is 10.6 Å². The van der Waals surface area contributed by atoms with E-state index >= 15 is 0 Å². The summed E-state index contributed by atoms with van der Waals surface area (Å²) < 4.78 is 20.4. The maximum Gasteiger partial charge on any atom is 0.325 e. The molecule has 1 rings (SSSR count). The second-order valence-corrected chi connectivity index (χ2v) is 6.36. The Balaban J connectivity index is 2.60. The molecule has 0 spiro atoms. The second-order valence-electron chi connectivity index (χ2n) is 6.36. The molecule has 0 unspecified atom stereocenters. The zero-order valence-corrected chi connectivity index (χ0v) is 17.1. The van der Waals surface area contributed by atoms with Gasteiger partial charge in [-0.2, -0.15) is 0 Å².